The monoisotopic (exact) mass is 664 g/mol. The molecule has 46 heavy (non-hydrogen) atoms. The number of aromatic nitrogens is 1. The lowest BCUT2D eigenvalue weighted by molar-refractivity contribution is -0.161. The number of hydrogen-bond donors (Lipinski definition) is 1. The van der Waals surface area contributed by atoms with Gasteiger partial charge in [-0.15, -0.1) is 0 Å². The van der Waals surface area contributed by atoms with Crippen LogP contribution in [-0.4, -0.2) is 36.1 Å². The second-order valence-corrected chi connectivity index (χ2v) is 15.7. The first-order valence-electron chi connectivity index (χ1n) is 16.1. The molecule has 1 heterocycles. The Morgan fingerprint density at radius 3 is 2.02 bits per heavy atom. The van der Waals surface area contributed by atoms with Crippen LogP contribution in [-0.2, 0) is 32.7 Å². The smallest absolute Gasteiger partial charge is 0.360 e. The van der Waals surface area contributed by atoms with Crippen LogP contribution in [0.4, 0.5) is 10.1 Å². The molecule has 0 amide bonds. The SMILES string of the molecule is CCC(CC)n1cc(C=CP(=O)(OCOC(=O)C(C)(C)C)OCOC(=O)C(C)(C)C)c(=O)c2cc(F)c(NC3CCCCC3)cc21. The highest BCUT2D eigenvalue weighted by atomic mass is 31.2. The lowest BCUT2D eigenvalue weighted by Gasteiger charge is -2.25. The number of carbonyl (C=O) groups excluding carboxylic acids is 2. The van der Waals surface area contributed by atoms with Crippen molar-refractivity contribution in [1.82, 2.24) is 4.57 Å². The van der Waals surface area contributed by atoms with E-state index in [4.69, 9.17) is 18.5 Å². The third-order valence-corrected chi connectivity index (χ3v) is 9.40. The molecule has 12 heteroatoms. The Bertz CT molecular complexity index is 1480. The summed E-state index contributed by atoms with van der Waals surface area (Å²) in [5.41, 5.74) is -1.06. The molecule has 0 atom stereocenters. The Hall–Kier alpha value is -3.01. The summed E-state index contributed by atoms with van der Waals surface area (Å²) in [6.45, 7) is 12.6. The van der Waals surface area contributed by atoms with E-state index in [1.807, 2.05) is 18.4 Å². The molecule has 0 radical (unpaired) electrons. The third kappa shape index (κ3) is 9.99. The lowest BCUT2D eigenvalue weighted by atomic mass is 9.95. The van der Waals surface area contributed by atoms with Gasteiger partial charge in [-0.25, -0.2) is 4.39 Å². The number of fused-ring (bicyclic) bond motifs is 1. The number of esters is 2. The predicted molar refractivity (Wildman–Crippen MR) is 178 cm³/mol. The molecule has 10 nitrogen and oxygen atoms in total. The number of anilines is 1. The molecule has 0 saturated heterocycles. The number of halogens is 1. The fourth-order valence-electron chi connectivity index (χ4n) is 5.11. The molecule has 1 aliphatic carbocycles. The maximum atomic E-state index is 15.4. The highest BCUT2D eigenvalue weighted by molar-refractivity contribution is 7.57. The summed E-state index contributed by atoms with van der Waals surface area (Å²) in [5.74, 6) is -0.655. The number of carbonyl (C=O) groups is 2. The van der Waals surface area contributed by atoms with Crippen molar-refractivity contribution in [3.05, 3.63) is 45.8 Å². The number of hydrogen-bond acceptors (Lipinski definition) is 9. The van der Waals surface area contributed by atoms with Gasteiger partial charge in [0.05, 0.1) is 22.0 Å². The molecule has 0 unspecified atom stereocenters. The topological polar surface area (TPSA) is 122 Å². The van der Waals surface area contributed by atoms with E-state index in [-0.39, 0.29) is 23.0 Å². The lowest BCUT2D eigenvalue weighted by Crippen LogP contribution is -2.24. The van der Waals surface area contributed by atoms with E-state index in [9.17, 15) is 18.9 Å². The van der Waals surface area contributed by atoms with Crippen LogP contribution >= 0.6 is 7.60 Å². The number of benzene rings is 1. The van der Waals surface area contributed by atoms with Gasteiger partial charge in [0.15, 0.2) is 5.43 Å². The van der Waals surface area contributed by atoms with Gasteiger partial charge in [-0.1, -0.05) is 33.1 Å². The average molecular weight is 665 g/mol. The Morgan fingerprint density at radius 2 is 1.52 bits per heavy atom. The second-order valence-electron chi connectivity index (χ2n) is 13.8. The first-order chi connectivity index (χ1) is 21.5. The largest absolute Gasteiger partial charge is 0.438 e. The molecule has 2 aromatic rings. The highest BCUT2D eigenvalue weighted by Gasteiger charge is 2.29. The summed E-state index contributed by atoms with van der Waals surface area (Å²) < 4.78 is 52.1. The van der Waals surface area contributed by atoms with Gasteiger partial charge in [-0.3, -0.25) is 28.0 Å². The van der Waals surface area contributed by atoms with Gasteiger partial charge in [0.1, 0.15) is 5.82 Å². The van der Waals surface area contributed by atoms with Gasteiger partial charge >= 0.3 is 19.5 Å². The summed E-state index contributed by atoms with van der Waals surface area (Å²) in [4.78, 5) is 38.2. The summed E-state index contributed by atoms with van der Waals surface area (Å²) in [6.07, 6.45) is 9.75. The summed E-state index contributed by atoms with van der Waals surface area (Å²) in [7, 11) is -4.24. The van der Waals surface area contributed by atoms with Crippen LogP contribution < -0.4 is 10.7 Å². The minimum atomic E-state index is -4.24. The normalized spacial score (nSPS) is 15.1. The molecule has 1 aromatic heterocycles. The van der Waals surface area contributed by atoms with Gasteiger partial charge in [0, 0.05) is 35.0 Å². The number of ether oxygens (including phenoxy) is 2. The van der Waals surface area contributed by atoms with Gasteiger partial charge in [0.25, 0.3) is 0 Å². The molecule has 3 rings (SSSR count). The molecular weight excluding hydrogens is 614 g/mol. The molecule has 1 aliphatic rings. The minimum Gasteiger partial charge on any atom is -0.438 e. The van der Waals surface area contributed by atoms with E-state index >= 15 is 4.39 Å². The molecule has 0 bridgehead atoms. The second kappa shape index (κ2) is 15.7. The molecule has 0 aliphatic heterocycles. The summed E-state index contributed by atoms with van der Waals surface area (Å²) in [5, 5.41) is 3.53. The Labute approximate surface area is 271 Å². The summed E-state index contributed by atoms with van der Waals surface area (Å²) >= 11 is 0. The molecule has 1 N–H and O–H groups in total. The Kier molecular flexibility index (Phi) is 12.8. The van der Waals surface area contributed by atoms with Crippen LogP contribution in [0, 0.1) is 16.6 Å². The maximum absolute atomic E-state index is 15.4. The van der Waals surface area contributed by atoms with Crippen molar-refractivity contribution in [3.63, 3.8) is 0 Å². The van der Waals surface area contributed by atoms with Crippen LogP contribution in [0.15, 0.2) is 28.9 Å². The molecule has 1 fully saturated rings. The van der Waals surface area contributed by atoms with E-state index in [0.29, 0.717) is 11.2 Å². The van der Waals surface area contributed by atoms with Crippen molar-refractivity contribution in [1.29, 1.82) is 0 Å². The van der Waals surface area contributed by atoms with Crippen LogP contribution in [0.25, 0.3) is 17.0 Å². The molecule has 256 valence electrons. The zero-order chi connectivity index (χ0) is 34.3. The molecule has 1 saturated carbocycles. The van der Waals surface area contributed by atoms with Crippen LogP contribution in [0.1, 0.15) is 112 Å². The van der Waals surface area contributed by atoms with Crippen molar-refractivity contribution in [3.8, 4) is 0 Å². The van der Waals surface area contributed by atoms with Crippen molar-refractivity contribution in [2.24, 2.45) is 10.8 Å². The first kappa shape index (κ1) is 37.4. The fraction of sp³-hybridized carbons (Fsp3) is 0.618. The maximum Gasteiger partial charge on any atom is 0.360 e. The first-order valence-corrected chi connectivity index (χ1v) is 17.7. The number of nitrogens with one attached hydrogen (secondary N) is 1. The Morgan fingerprint density at radius 1 is 0.978 bits per heavy atom. The molecular formula is C34H50FN2O8P. The van der Waals surface area contributed by atoms with E-state index in [0.717, 1.165) is 44.3 Å². The molecule has 1 aromatic carbocycles. The number of pyridine rings is 1. The summed E-state index contributed by atoms with van der Waals surface area (Å²) in [6, 6.07) is 3.13. The zero-order valence-electron chi connectivity index (χ0n) is 28.4. The van der Waals surface area contributed by atoms with E-state index < -0.39 is 55.2 Å². The van der Waals surface area contributed by atoms with E-state index in [2.05, 4.69) is 5.32 Å². The minimum absolute atomic E-state index is 0.00355. The molecule has 0 spiro atoms. The van der Waals surface area contributed by atoms with Crippen LogP contribution in [0.5, 0.6) is 0 Å². The third-order valence-electron chi connectivity index (χ3n) is 7.96. The number of rotatable bonds is 13. The Balaban J connectivity index is 2.01. The van der Waals surface area contributed by atoms with Crippen molar-refractivity contribution in [2.75, 3.05) is 18.9 Å². The van der Waals surface area contributed by atoms with Crippen molar-refractivity contribution < 1.29 is 37.1 Å². The zero-order valence-corrected chi connectivity index (χ0v) is 29.3. The van der Waals surface area contributed by atoms with Gasteiger partial charge < -0.3 is 19.4 Å². The number of nitrogens with zero attached hydrogens (tertiary/aromatic N) is 1. The average Bonchev–Trinajstić information content (AvgIpc) is 2.98. The quantitative estimate of drug-likeness (QED) is 0.128. The van der Waals surface area contributed by atoms with Crippen molar-refractivity contribution >= 4 is 42.2 Å². The van der Waals surface area contributed by atoms with Gasteiger partial charge in [0.2, 0.25) is 13.6 Å². The van der Waals surface area contributed by atoms with Gasteiger partial charge in [-0.2, -0.15) is 0 Å². The van der Waals surface area contributed by atoms with Crippen LogP contribution in [0.2, 0.25) is 0 Å². The fourth-order valence-corrected chi connectivity index (χ4v) is 6.09. The van der Waals surface area contributed by atoms with E-state index in [1.165, 1.54) is 18.6 Å². The van der Waals surface area contributed by atoms with E-state index in [1.54, 1.807) is 53.8 Å². The predicted octanol–water partition coefficient (Wildman–Crippen LogP) is 8.54. The standard InChI is InChI=1S/C34H50FN2O8P/c1-9-25(10-2)37-20-23(30(38)26-18-27(35)28(19-29(26)37)36-24-14-12-11-13-15-24)16-17-46(41,44-21-42-31(39)33(3,4)5)45-22-43-32(40)34(6,7)8/h16-20,24-25,36H,9-15,21-22H2,1-8H3. The highest BCUT2D eigenvalue weighted by Crippen LogP contribution is 2.50. The van der Waals surface area contributed by atoms with Crippen molar-refractivity contribution in [2.45, 2.75) is 112 Å². The van der Waals surface area contributed by atoms with Crippen LogP contribution in [0.3, 0.4) is 0 Å². The van der Waals surface area contributed by atoms with Gasteiger partial charge in [-0.05, 0) is 85.4 Å².